The number of piperidine rings is 2. The molecule has 25 heavy (non-hydrogen) atoms. The molecule has 6 heteroatoms. The number of benzene rings is 1. The lowest BCUT2D eigenvalue weighted by molar-refractivity contribution is 0.125. The van der Waals surface area contributed by atoms with Crippen molar-refractivity contribution in [3.05, 3.63) is 30.1 Å². The van der Waals surface area contributed by atoms with E-state index in [1.807, 2.05) is 0 Å². The number of halogens is 3. The van der Waals surface area contributed by atoms with E-state index in [9.17, 15) is 4.39 Å². The lowest BCUT2D eigenvalue weighted by atomic mass is 9.79. The zero-order valence-electron chi connectivity index (χ0n) is 14.8. The van der Waals surface area contributed by atoms with Crippen molar-refractivity contribution in [2.24, 2.45) is 11.8 Å². The Morgan fingerprint density at radius 1 is 0.960 bits per heavy atom. The topological polar surface area (TPSA) is 24.5 Å². The van der Waals surface area contributed by atoms with Gasteiger partial charge < -0.3 is 15.0 Å². The third kappa shape index (κ3) is 7.30. The van der Waals surface area contributed by atoms with Crippen molar-refractivity contribution in [1.82, 2.24) is 10.2 Å². The number of ether oxygens (including phenoxy) is 1. The first-order chi connectivity index (χ1) is 11.3. The Morgan fingerprint density at radius 3 is 2.20 bits per heavy atom. The largest absolute Gasteiger partial charge is 0.494 e. The van der Waals surface area contributed by atoms with E-state index in [0.29, 0.717) is 6.61 Å². The maximum Gasteiger partial charge on any atom is 0.123 e. The van der Waals surface area contributed by atoms with Crippen LogP contribution in [-0.2, 0) is 0 Å². The van der Waals surface area contributed by atoms with Gasteiger partial charge in [0.25, 0.3) is 0 Å². The fraction of sp³-hybridized carbons (Fsp3) is 0.684. The maximum absolute atomic E-state index is 12.8. The number of nitrogens with one attached hydrogen (secondary N) is 1. The normalized spacial score (nSPS) is 19.7. The molecular formula is C19H31Cl2FN2O. The van der Waals surface area contributed by atoms with Crippen molar-refractivity contribution in [3.8, 4) is 5.75 Å². The Labute approximate surface area is 163 Å². The Morgan fingerprint density at radius 2 is 1.56 bits per heavy atom. The average Bonchev–Trinajstić information content (AvgIpc) is 2.62. The van der Waals surface area contributed by atoms with Crippen LogP contribution in [0.15, 0.2) is 24.3 Å². The molecule has 0 aliphatic carbocycles. The Bertz CT molecular complexity index is 461. The second-order valence-electron chi connectivity index (χ2n) is 6.92. The number of hydrogen-bond acceptors (Lipinski definition) is 3. The van der Waals surface area contributed by atoms with Crippen molar-refractivity contribution in [2.75, 3.05) is 39.3 Å². The molecule has 2 aliphatic heterocycles. The molecule has 0 aromatic heterocycles. The maximum atomic E-state index is 12.8. The molecule has 1 N–H and O–H groups in total. The van der Waals surface area contributed by atoms with Crippen molar-refractivity contribution in [2.45, 2.75) is 32.1 Å². The first-order valence-corrected chi connectivity index (χ1v) is 9.13. The first kappa shape index (κ1) is 22.5. The van der Waals surface area contributed by atoms with Crippen LogP contribution >= 0.6 is 24.8 Å². The van der Waals surface area contributed by atoms with E-state index >= 15 is 0 Å². The standard InChI is InChI=1S/C19H29FN2O.2ClH/c20-18-2-4-19(5-3-18)23-15-1-12-22-13-8-17(9-14-22)16-6-10-21-11-7-16;;/h2-5,16-17,21H,1,6-15H2;2*1H. The molecular weight excluding hydrogens is 362 g/mol. The summed E-state index contributed by atoms with van der Waals surface area (Å²) in [5, 5.41) is 3.47. The van der Waals surface area contributed by atoms with Gasteiger partial charge in [-0.05, 0) is 94.4 Å². The zero-order chi connectivity index (χ0) is 15.9. The molecule has 2 saturated heterocycles. The summed E-state index contributed by atoms with van der Waals surface area (Å²) in [6, 6.07) is 6.28. The van der Waals surface area contributed by atoms with E-state index in [0.717, 1.165) is 30.6 Å². The molecule has 0 bridgehead atoms. The van der Waals surface area contributed by atoms with Crippen LogP contribution in [0.2, 0.25) is 0 Å². The number of rotatable bonds is 6. The number of likely N-dealkylation sites (tertiary alicyclic amines) is 1. The summed E-state index contributed by atoms with van der Waals surface area (Å²) in [4.78, 5) is 2.57. The van der Waals surface area contributed by atoms with E-state index in [1.54, 1.807) is 12.1 Å². The molecule has 3 nitrogen and oxygen atoms in total. The minimum Gasteiger partial charge on any atom is -0.494 e. The van der Waals surface area contributed by atoms with Crippen LogP contribution in [-0.4, -0.2) is 44.2 Å². The average molecular weight is 393 g/mol. The Kier molecular flexibility index (Phi) is 10.7. The lowest BCUT2D eigenvalue weighted by Crippen LogP contribution is -2.39. The molecule has 0 atom stereocenters. The fourth-order valence-electron chi connectivity index (χ4n) is 3.97. The van der Waals surface area contributed by atoms with Crippen LogP contribution in [0.4, 0.5) is 4.39 Å². The van der Waals surface area contributed by atoms with Gasteiger partial charge in [-0.3, -0.25) is 0 Å². The second-order valence-corrected chi connectivity index (χ2v) is 6.92. The molecule has 2 aliphatic rings. The first-order valence-electron chi connectivity index (χ1n) is 9.13. The zero-order valence-corrected chi connectivity index (χ0v) is 16.4. The van der Waals surface area contributed by atoms with Gasteiger partial charge in [0, 0.05) is 6.54 Å². The van der Waals surface area contributed by atoms with Crippen LogP contribution in [0.3, 0.4) is 0 Å². The van der Waals surface area contributed by atoms with Crippen LogP contribution in [0.25, 0.3) is 0 Å². The summed E-state index contributed by atoms with van der Waals surface area (Å²) >= 11 is 0. The van der Waals surface area contributed by atoms with E-state index < -0.39 is 0 Å². The highest BCUT2D eigenvalue weighted by Crippen LogP contribution is 2.30. The van der Waals surface area contributed by atoms with Crippen LogP contribution in [0.1, 0.15) is 32.1 Å². The molecule has 2 heterocycles. The van der Waals surface area contributed by atoms with Gasteiger partial charge >= 0.3 is 0 Å². The molecule has 0 unspecified atom stereocenters. The van der Waals surface area contributed by atoms with E-state index in [2.05, 4.69) is 10.2 Å². The van der Waals surface area contributed by atoms with E-state index in [-0.39, 0.29) is 30.6 Å². The predicted molar refractivity (Wildman–Crippen MR) is 106 cm³/mol. The van der Waals surface area contributed by atoms with Gasteiger partial charge in [-0.25, -0.2) is 4.39 Å². The van der Waals surface area contributed by atoms with Gasteiger partial charge in [-0.15, -0.1) is 24.8 Å². The van der Waals surface area contributed by atoms with Crippen LogP contribution < -0.4 is 10.1 Å². The minimum atomic E-state index is -0.214. The van der Waals surface area contributed by atoms with Crippen LogP contribution in [0.5, 0.6) is 5.75 Å². The predicted octanol–water partition coefficient (Wildman–Crippen LogP) is 4.15. The van der Waals surface area contributed by atoms with Crippen LogP contribution in [0, 0.1) is 17.7 Å². The highest BCUT2D eigenvalue weighted by molar-refractivity contribution is 5.85. The monoisotopic (exact) mass is 392 g/mol. The molecule has 0 saturated carbocycles. The highest BCUT2D eigenvalue weighted by Gasteiger charge is 2.27. The minimum absolute atomic E-state index is 0. The summed E-state index contributed by atoms with van der Waals surface area (Å²) in [5.74, 6) is 2.45. The van der Waals surface area contributed by atoms with Crippen molar-refractivity contribution in [1.29, 1.82) is 0 Å². The summed E-state index contributed by atoms with van der Waals surface area (Å²) in [7, 11) is 0. The summed E-state index contributed by atoms with van der Waals surface area (Å²) in [6.07, 6.45) is 6.51. The summed E-state index contributed by atoms with van der Waals surface area (Å²) in [5.41, 5.74) is 0. The second kappa shape index (κ2) is 11.9. The van der Waals surface area contributed by atoms with E-state index in [1.165, 1.54) is 64.0 Å². The van der Waals surface area contributed by atoms with E-state index in [4.69, 9.17) is 4.74 Å². The molecule has 1 aromatic carbocycles. The Balaban J connectivity index is 0.00000156. The van der Waals surface area contributed by atoms with Gasteiger partial charge in [0.2, 0.25) is 0 Å². The fourth-order valence-corrected chi connectivity index (χ4v) is 3.97. The molecule has 2 fully saturated rings. The molecule has 0 amide bonds. The molecule has 144 valence electrons. The highest BCUT2D eigenvalue weighted by atomic mass is 35.5. The van der Waals surface area contributed by atoms with Crippen molar-refractivity contribution < 1.29 is 9.13 Å². The van der Waals surface area contributed by atoms with Gasteiger partial charge in [0.05, 0.1) is 6.61 Å². The molecule has 1 aromatic rings. The number of nitrogens with zero attached hydrogens (tertiary/aromatic N) is 1. The number of hydrogen-bond donors (Lipinski definition) is 1. The summed E-state index contributed by atoms with van der Waals surface area (Å²) in [6.45, 7) is 6.73. The molecule has 0 radical (unpaired) electrons. The third-order valence-corrected chi connectivity index (χ3v) is 5.38. The quantitative estimate of drug-likeness (QED) is 0.735. The van der Waals surface area contributed by atoms with Gasteiger partial charge in [-0.2, -0.15) is 0 Å². The SMILES string of the molecule is Cl.Cl.Fc1ccc(OCCCN2CCC(C3CCNCC3)CC2)cc1. The third-order valence-electron chi connectivity index (χ3n) is 5.38. The van der Waals surface area contributed by atoms with Crippen molar-refractivity contribution in [3.63, 3.8) is 0 Å². The Hall–Kier alpha value is -0.550. The van der Waals surface area contributed by atoms with Crippen molar-refractivity contribution >= 4 is 24.8 Å². The molecule has 0 spiro atoms. The van der Waals surface area contributed by atoms with Gasteiger partial charge in [0.15, 0.2) is 0 Å². The summed E-state index contributed by atoms with van der Waals surface area (Å²) < 4.78 is 18.5. The van der Waals surface area contributed by atoms with Gasteiger partial charge in [-0.1, -0.05) is 0 Å². The molecule has 3 rings (SSSR count). The smallest absolute Gasteiger partial charge is 0.123 e. The lowest BCUT2D eigenvalue weighted by Gasteiger charge is -2.37. The van der Waals surface area contributed by atoms with Gasteiger partial charge in [0.1, 0.15) is 11.6 Å².